The molecule has 1 saturated carbocycles. The molecule has 0 spiro atoms. The molecule has 2 aliphatic rings. The molecule has 0 aromatic carbocycles. The van der Waals surface area contributed by atoms with E-state index in [9.17, 15) is 0 Å². The molecule has 1 fully saturated rings. The Balaban J connectivity index is 1.63. The lowest BCUT2D eigenvalue weighted by molar-refractivity contribution is 0.241. The number of fused-ring (bicyclic) bond motifs is 1. The molecule has 1 aromatic heterocycles. The van der Waals surface area contributed by atoms with Crippen molar-refractivity contribution in [3.8, 4) is 0 Å². The van der Waals surface area contributed by atoms with Crippen molar-refractivity contribution < 1.29 is 0 Å². The highest BCUT2D eigenvalue weighted by molar-refractivity contribution is 5.15. The van der Waals surface area contributed by atoms with Crippen LogP contribution in [-0.4, -0.2) is 4.98 Å². The van der Waals surface area contributed by atoms with Gasteiger partial charge in [-0.15, -0.1) is 0 Å². The summed E-state index contributed by atoms with van der Waals surface area (Å²) in [5, 5.41) is 0. The lowest BCUT2D eigenvalue weighted by atomic mass is 9.69. The predicted molar refractivity (Wildman–Crippen MR) is 75.3 cm³/mol. The highest BCUT2D eigenvalue weighted by atomic mass is 14.7. The molecule has 1 aromatic rings. The Bertz CT molecular complexity index is 407. The molecule has 2 atom stereocenters. The van der Waals surface area contributed by atoms with E-state index in [0.717, 1.165) is 18.3 Å². The number of pyridine rings is 1. The molecule has 0 bridgehead atoms. The van der Waals surface area contributed by atoms with E-state index in [1.165, 1.54) is 50.6 Å². The minimum atomic E-state index is 0.913. The number of aryl methyl sites for hydroxylation is 1. The molecular weight excluding hydrogens is 218 g/mol. The third-order valence-electron chi connectivity index (χ3n) is 4.73. The van der Waals surface area contributed by atoms with Gasteiger partial charge in [-0.25, -0.2) is 0 Å². The molecule has 1 heterocycles. The second kappa shape index (κ2) is 5.69. The van der Waals surface area contributed by atoms with Gasteiger partial charge in [-0.1, -0.05) is 30.6 Å². The van der Waals surface area contributed by atoms with Crippen molar-refractivity contribution in [2.45, 2.75) is 51.4 Å². The van der Waals surface area contributed by atoms with Gasteiger partial charge in [-0.3, -0.25) is 4.98 Å². The highest BCUT2D eigenvalue weighted by Crippen LogP contribution is 2.42. The zero-order valence-corrected chi connectivity index (χ0v) is 11.1. The summed E-state index contributed by atoms with van der Waals surface area (Å²) in [6, 6.07) is 6.25. The Hall–Kier alpha value is -1.11. The third kappa shape index (κ3) is 2.66. The van der Waals surface area contributed by atoms with Gasteiger partial charge in [0.05, 0.1) is 0 Å². The van der Waals surface area contributed by atoms with Gasteiger partial charge in [-0.2, -0.15) is 0 Å². The van der Waals surface area contributed by atoms with Gasteiger partial charge < -0.3 is 0 Å². The quantitative estimate of drug-likeness (QED) is 0.708. The molecule has 18 heavy (non-hydrogen) atoms. The Morgan fingerprint density at radius 2 is 2.00 bits per heavy atom. The smallest absolute Gasteiger partial charge is 0.0406 e. The first kappa shape index (κ1) is 12.0. The first-order chi connectivity index (χ1) is 8.93. The van der Waals surface area contributed by atoms with Gasteiger partial charge in [-0.05, 0) is 62.5 Å². The summed E-state index contributed by atoms with van der Waals surface area (Å²) >= 11 is 0. The molecule has 1 heteroatoms. The summed E-state index contributed by atoms with van der Waals surface area (Å²) in [5.41, 5.74) is 2.99. The number of hydrogen-bond donors (Lipinski definition) is 0. The van der Waals surface area contributed by atoms with Crippen LogP contribution in [0.25, 0.3) is 0 Å². The lowest BCUT2D eigenvalue weighted by Crippen LogP contribution is -2.24. The highest BCUT2D eigenvalue weighted by Gasteiger charge is 2.29. The molecule has 2 aliphatic carbocycles. The first-order valence-electron chi connectivity index (χ1n) is 7.52. The largest absolute Gasteiger partial charge is 0.261 e. The van der Waals surface area contributed by atoms with E-state index in [1.54, 1.807) is 5.57 Å². The van der Waals surface area contributed by atoms with Crippen LogP contribution in [0.3, 0.4) is 0 Å². The van der Waals surface area contributed by atoms with Crippen LogP contribution < -0.4 is 0 Å². The fourth-order valence-corrected chi connectivity index (χ4v) is 3.78. The SMILES string of the molecule is C1=C(CCc2ccccn2)C2CCCCC2CC1. The minimum absolute atomic E-state index is 0.913. The monoisotopic (exact) mass is 241 g/mol. The molecule has 0 radical (unpaired) electrons. The zero-order valence-electron chi connectivity index (χ0n) is 11.1. The molecule has 0 aliphatic heterocycles. The van der Waals surface area contributed by atoms with E-state index in [-0.39, 0.29) is 0 Å². The molecular formula is C17H23N. The maximum atomic E-state index is 4.44. The van der Waals surface area contributed by atoms with Gasteiger partial charge in [0.2, 0.25) is 0 Å². The topological polar surface area (TPSA) is 12.9 Å². The fraction of sp³-hybridized carbons (Fsp3) is 0.588. The summed E-state index contributed by atoms with van der Waals surface area (Å²) < 4.78 is 0. The van der Waals surface area contributed by atoms with Crippen LogP contribution in [0.1, 0.15) is 50.6 Å². The van der Waals surface area contributed by atoms with Crippen LogP contribution in [0.2, 0.25) is 0 Å². The van der Waals surface area contributed by atoms with E-state index < -0.39 is 0 Å². The normalized spacial score (nSPS) is 27.4. The van der Waals surface area contributed by atoms with E-state index in [1.807, 2.05) is 12.3 Å². The Labute approximate surface area is 110 Å². The average Bonchev–Trinajstić information content (AvgIpc) is 2.46. The summed E-state index contributed by atoms with van der Waals surface area (Å²) in [6.45, 7) is 0. The zero-order chi connectivity index (χ0) is 12.2. The van der Waals surface area contributed by atoms with E-state index in [0.29, 0.717) is 0 Å². The number of aromatic nitrogens is 1. The second-order valence-electron chi connectivity index (χ2n) is 5.83. The standard InChI is InChI=1S/C17H23N/c1-2-10-17-14(6-1)7-5-8-15(17)11-12-16-9-3-4-13-18-16/h3-4,8-9,13-14,17H,1-2,5-7,10-12H2. The Morgan fingerprint density at radius 3 is 2.89 bits per heavy atom. The molecule has 0 N–H and O–H groups in total. The van der Waals surface area contributed by atoms with E-state index in [2.05, 4.69) is 23.2 Å². The molecule has 3 rings (SSSR count). The fourth-order valence-electron chi connectivity index (χ4n) is 3.78. The summed E-state index contributed by atoms with van der Waals surface area (Å²) in [7, 11) is 0. The summed E-state index contributed by atoms with van der Waals surface area (Å²) in [5.74, 6) is 1.92. The van der Waals surface area contributed by atoms with Crippen molar-refractivity contribution in [3.63, 3.8) is 0 Å². The lowest BCUT2D eigenvalue weighted by Gasteiger charge is -2.36. The predicted octanol–water partition coefficient (Wildman–Crippen LogP) is 4.54. The molecule has 0 amide bonds. The summed E-state index contributed by atoms with van der Waals surface area (Å²) in [4.78, 5) is 4.44. The van der Waals surface area contributed by atoms with Crippen LogP contribution in [0.4, 0.5) is 0 Å². The van der Waals surface area contributed by atoms with E-state index >= 15 is 0 Å². The van der Waals surface area contributed by atoms with Crippen LogP contribution in [-0.2, 0) is 6.42 Å². The van der Waals surface area contributed by atoms with Crippen molar-refractivity contribution in [2.24, 2.45) is 11.8 Å². The molecule has 0 saturated heterocycles. The third-order valence-corrected chi connectivity index (χ3v) is 4.73. The number of allylic oxidation sites excluding steroid dienone is 2. The van der Waals surface area contributed by atoms with Crippen molar-refractivity contribution in [3.05, 3.63) is 41.7 Å². The van der Waals surface area contributed by atoms with Gasteiger partial charge in [0.1, 0.15) is 0 Å². The van der Waals surface area contributed by atoms with Crippen LogP contribution in [0, 0.1) is 11.8 Å². The second-order valence-corrected chi connectivity index (χ2v) is 5.83. The molecule has 2 unspecified atom stereocenters. The van der Waals surface area contributed by atoms with Gasteiger partial charge >= 0.3 is 0 Å². The van der Waals surface area contributed by atoms with Crippen molar-refractivity contribution in [1.29, 1.82) is 0 Å². The van der Waals surface area contributed by atoms with Crippen LogP contribution >= 0.6 is 0 Å². The molecule has 1 nitrogen and oxygen atoms in total. The average molecular weight is 241 g/mol. The van der Waals surface area contributed by atoms with Gasteiger partial charge in [0, 0.05) is 11.9 Å². The Kier molecular flexibility index (Phi) is 3.78. The van der Waals surface area contributed by atoms with Crippen LogP contribution in [0.5, 0.6) is 0 Å². The maximum Gasteiger partial charge on any atom is 0.0406 e. The number of hydrogen-bond acceptors (Lipinski definition) is 1. The minimum Gasteiger partial charge on any atom is -0.261 e. The van der Waals surface area contributed by atoms with Crippen molar-refractivity contribution >= 4 is 0 Å². The van der Waals surface area contributed by atoms with Crippen LogP contribution in [0.15, 0.2) is 36.0 Å². The Morgan fingerprint density at radius 1 is 1.06 bits per heavy atom. The van der Waals surface area contributed by atoms with Gasteiger partial charge in [0.15, 0.2) is 0 Å². The first-order valence-corrected chi connectivity index (χ1v) is 7.52. The summed E-state index contributed by atoms with van der Waals surface area (Å²) in [6.07, 6.45) is 15.4. The molecule has 96 valence electrons. The van der Waals surface area contributed by atoms with Crippen molar-refractivity contribution in [2.75, 3.05) is 0 Å². The van der Waals surface area contributed by atoms with Gasteiger partial charge in [0.25, 0.3) is 0 Å². The van der Waals surface area contributed by atoms with Crippen molar-refractivity contribution in [1.82, 2.24) is 4.98 Å². The maximum absolute atomic E-state index is 4.44. The number of nitrogens with zero attached hydrogens (tertiary/aromatic N) is 1. The number of rotatable bonds is 3. The van der Waals surface area contributed by atoms with E-state index in [4.69, 9.17) is 0 Å².